The highest BCUT2D eigenvalue weighted by atomic mass is 32.1. The van der Waals surface area contributed by atoms with E-state index in [0.717, 1.165) is 25.2 Å². The van der Waals surface area contributed by atoms with Gasteiger partial charge in [-0.25, -0.2) is 4.98 Å². The van der Waals surface area contributed by atoms with E-state index in [1.165, 1.54) is 5.01 Å². The Labute approximate surface area is 114 Å². The minimum atomic E-state index is 0.509. The van der Waals surface area contributed by atoms with Crippen molar-refractivity contribution in [3.8, 4) is 0 Å². The topological polar surface area (TPSA) is 63.3 Å². The maximum Gasteiger partial charge on any atom is 0.188 e. The monoisotopic (exact) mass is 268 g/mol. The van der Waals surface area contributed by atoms with E-state index in [2.05, 4.69) is 48.4 Å². The van der Waals surface area contributed by atoms with Crippen LogP contribution in [0, 0.1) is 5.92 Å². The highest BCUT2D eigenvalue weighted by molar-refractivity contribution is 7.09. The third-order valence-electron chi connectivity index (χ3n) is 2.38. The molecule has 0 bridgehead atoms. The van der Waals surface area contributed by atoms with E-state index in [1.807, 2.05) is 0 Å². The number of hydrogen-bond donors (Lipinski definition) is 2. The molecule has 1 heterocycles. The smallest absolute Gasteiger partial charge is 0.188 e. The number of nitrogens with two attached hydrogens (primary N) is 1. The lowest BCUT2D eigenvalue weighted by atomic mass is 10.2. The van der Waals surface area contributed by atoms with Gasteiger partial charge in [-0.2, -0.15) is 0 Å². The summed E-state index contributed by atoms with van der Waals surface area (Å²) in [5, 5.41) is 6.44. The normalized spacial score (nSPS) is 12.4. The van der Waals surface area contributed by atoms with Crippen molar-refractivity contribution in [2.75, 3.05) is 13.1 Å². The number of aromatic nitrogens is 1. The molecule has 0 saturated heterocycles. The van der Waals surface area contributed by atoms with Crippen LogP contribution in [-0.2, 0) is 6.42 Å². The van der Waals surface area contributed by atoms with Crippen LogP contribution in [0.2, 0.25) is 0 Å². The van der Waals surface area contributed by atoms with Gasteiger partial charge in [0.05, 0.1) is 10.7 Å². The Bertz CT molecular complexity index is 382. The first-order chi connectivity index (χ1) is 8.49. The number of aliphatic imine (C=N–C) groups is 1. The van der Waals surface area contributed by atoms with E-state index in [4.69, 9.17) is 5.73 Å². The molecule has 18 heavy (non-hydrogen) atoms. The van der Waals surface area contributed by atoms with Crippen molar-refractivity contribution in [1.82, 2.24) is 10.3 Å². The highest BCUT2D eigenvalue weighted by Crippen LogP contribution is 2.19. The van der Waals surface area contributed by atoms with Crippen LogP contribution in [0.1, 0.15) is 44.3 Å². The number of nitrogens with zero attached hydrogens (tertiary/aromatic N) is 2. The number of hydrogen-bond acceptors (Lipinski definition) is 3. The molecule has 102 valence electrons. The summed E-state index contributed by atoms with van der Waals surface area (Å²) >= 11 is 1.73. The minimum Gasteiger partial charge on any atom is -0.370 e. The summed E-state index contributed by atoms with van der Waals surface area (Å²) < 4.78 is 0. The molecule has 0 aromatic carbocycles. The molecule has 1 aromatic rings. The van der Waals surface area contributed by atoms with Crippen LogP contribution in [0.15, 0.2) is 10.4 Å². The maximum absolute atomic E-state index is 5.76. The van der Waals surface area contributed by atoms with Crippen molar-refractivity contribution in [2.45, 2.75) is 40.0 Å². The van der Waals surface area contributed by atoms with E-state index in [-0.39, 0.29) is 0 Å². The van der Waals surface area contributed by atoms with Gasteiger partial charge in [-0.1, -0.05) is 27.7 Å². The Morgan fingerprint density at radius 2 is 2.17 bits per heavy atom. The fourth-order valence-corrected chi connectivity index (χ4v) is 2.23. The Balaban J connectivity index is 2.30. The second-order valence-electron chi connectivity index (χ2n) is 5.13. The van der Waals surface area contributed by atoms with E-state index in [0.29, 0.717) is 17.8 Å². The molecule has 0 amide bonds. The summed E-state index contributed by atoms with van der Waals surface area (Å²) in [5.74, 6) is 1.58. The molecule has 3 N–H and O–H groups in total. The molecular formula is C13H24N4S. The first-order valence-corrected chi connectivity index (χ1v) is 7.35. The fraction of sp³-hybridized carbons (Fsp3) is 0.692. The molecule has 0 aliphatic carbocycles. The summed E-state index contributed by atoms with van der Waals surface area (Å²) in [4.78, 5) is 8.83. The van der Waals surface area contributed by atoms with Gasteiger partial charge in [0.1, 0.15) is 0 Å². The molecule has 0 unspecified atom stereocenters. The predicted octanol–water partition coefficient (Wildman–Crippen LogP) is 2.37. The summed E-state index contributed by atoms with van der Waals surface area (Å²) in [6.45, 7) is 10.1. The Morgan fingerprint density at radius 1 is 1.44 bits per heavy atom. The van der Waals surface area contributed by atoms with Crippen LogP contribution in [0.5, 0.6) is 0 Å². The number of nitrogens with one attached hydrogen (secondary N) is 1. The van der Waals surface area contributed by atoms with Gasteiger partial charge in [0.25, 0.3) is 0 Å². The largest absolute Gasteiger partial charge is 0.370 e. The van der Waals surface area contributed by atoms with Gasteiger partial charge in [-0.3, -0.25) is 4.99 Å². The highest BCUT2D eigenvalue weighted by Gasteiger charge is 2.05. The lowest BCUT2D eigenvalue weighted by molar-refractivity contribution is 0.661. The lowest BCUT2D eigenvalue weighted by Gasteiger charge is -2.05. The van der Waals surface area contributed by atoms with E-state index in [9.17, 15) is 0 Å². The van der Waals surface area contributed by atoms with Gasteiger partial charge in [-0.05, 0) is 5.92 Å². The molecule has 0 spiro atoms. The van der Waals surface area contributed by atoms with E-state index < -0.39 is 0 Å². The average Bonchev–Trinajstić information content (AvgIpc) is 2.75. The minimum absolute atomic E-state index is 0.509. The summed E-state index contributed by atoms with van der Waals surface area (Å²) in [7, 11) is 0. The van der Waals surface area contributed by atoms with Crippen LogP contribution in [0.25, 0.3) is 0 Å². The molecule has 1 rings (SSSR count). The summed E-state index contributed by atoms with van der Waals surface area (Å²) in [6, 6.07) is 0. The number of rotatable bonds is 6. The molecule has 5 heteroatoms. The molecule has 0 saturated carbocycles. The van der Waals surface area contributed by atoms with Crippen molar-refractivity contribution in [2.24, 2.45) is 16.6 Å². The Kier molecular flexibility index (Phi) is 6.12. The quantitative estimate of drug-likeness (QED) is 0.615. The van der Waals surface area contributed by atoms with Gasteiger partial charge < -0.3 is 11.1 Å². The van der Waals surface area contributed by atoms with Gasteiger partial charge in [0, 0.05) is 30.8 Å². The lowest BCUT2D eigenvalue weighted by Crippen LogP contribution is -2.33. The summed E-state index contributed by atoms with van der Waals surface area (Å²) in [6.07, 6.45) is 0.890. The molecule has 0 radical (unpaired) electrons. The van der Waals surface area contributed by atoms with Gasteiger partial charge in [0.2, 0.25) is 0 Å². The molecule has 0 aliphatic heterocycles. The second kappa shape index (κ2) is 7.36. The summed E-state index contributed by atoms with van der Waals surface area (Å²) in [5.41, 5.74) is 6.89. The zero-order valence-corrected chi connectivity index (χ0v) is 12.5. The number of guanidine groups is 1. The van der Waals surface area contributed by atoms with Crippen molar-refractivity contribution >= 4 is 17.3 Å². The second-order valence-corrected chi connectivity index (χ2v) is 6.02. The van der Waals surface area contributed by atoms with Crippen LogP contribution in [-0.4, -0.2) is 24.0 Å². The van der Waals surface area contributed by atoms with Crippen molar-refractivity contribution < 1.29 is 0 Å². The number of thiazole rings is 1. The molecular weight excluding hydrogens is 244 g/mol. The zero-order valence-electron chi connectivity index (χ0n) is 11.7. The third-order valence-corrected chi connectivity index (χ3v) is 3.57. The van der Waals surface area contributed by atoms with E-state index >= 15 is 0 Å². The standard InChI is InChI=1S/C13H24N4S/c1-9(2)7-16-13(14)15-6-5-11-8-18-12(17-11)10(3)4/h8-10H,5-7H2,1-4H3,(H3,14,15,16). The average molecular weight is 268 g/mol. The SMILES string of the molecule is CC(C)CN=C(N)NCCc1csc(C(C)C)n1. The van der Waals surface area contributed by atoms with Crippen molar-refractivity contribution in [3.05, 3.63) is 16.1 Å². The van der Waals surface area contributed by atoms with Gasteiger partial charge in [0.15, 0.2) is 5.96 Å². The van der Waals surface area contributed by atoms with Crippen molar-refractivity contribution in [1.29, 1.82) is 0 Å². The van der Waals surface area contributed by atoms with Crippen LogP contribution in [0.3, 0.4) is 0 Å². The third kappa shape index (κ3) is 5.49. The molecule has 1 aromatic heterocycles. The van der Waals surface area contributed by atoms with Crippen LogP contribution < -0.4 is 11.1 Å². The molecule has 4 nitrogen and oxygen atoms in total. The Hall–Kier alpha value is -1.10. The molecule has 0 aliphatic rings. The Morgan fingerprint density at radius 3 is 2.72 bits per heavy atom. The predicted molar refractivity (Wildman–Crippen MR) is 79.2 cm³/mol. The van der Waals surface area contributed by atoms with Crippen LogP contribution >= 0.6 is 11.3 Å². The van der Waals surface area contributed by atoms with Gasteiger partial charge in [-0.15, -0.1) is 11.3 Å². The van der Waals surface area contributed by atoms with E-state index in [1.54, 1.807) is 11.3 Å². The first-order valence-electron chi connectivity index (χ1n) is 6.47. The zero-order chi connectivity index (χ0) is 13.5. The van der Waals surface area contributed by atoms with Crippen LogP contribution in [0.4, 0.5) is 0 Å². The van der Waals surface area contributed by atoms with Gasteiger partial charge >= 0.3 is 0 Å². The molecule has 0 atom stereocenters. The molecule has 0 fully saturated rings. The maximum atomic E-state index is 5.76. The fourth-order valence-electron chi connectivity index (χ4n) is 1.36. The first kappa shape index (κ1) is 15.0. The van der Waals surface area contributed by atoms with Crippen molar-refractivity contribution in [3.63, 3.8) is 0 Å².